The summed E-state index contributed by atoms with van der Waals surface area (Å²) in [5.41, 5.74) is 2.88. The van der Waals surface area contributed by atoms with Crippen molar-refractivity contribution in [2.24, 2.45) is 0 Å². The predicted octanol–water partition coefficient (Wildman–Crippen LogP) is 3.44. The Morgan fingerprint density at radius 1 is 1.26 bits per heavy atom. The molecule has 0 atom stereocenters. The van der Waals surface area contributed by atoms with Gasteiger partial charge < -0.3 is 20.3 Å². The van der Waals surface area contributed by atoms with Crippen molar-refractivity contribution in [1.82, 2.24) is 10.2 Å². The number of carbonyl (C=O) groups is 1. The summed E-state index contributed by atoms with van der Waals surface area (Å²) >= 11 is 0. The van der Waals surface area contributed by atoms with Crippen molar-refractivity contribution in [3.63, 3.8) is 0 Å². The van der Waals surface area contributed by atoms with Crippen LogP contribution in [0.5, 0.6) is 5.75 Å². The van der Waals surface area contributed by atoms with E-state index < -0.39 is 5.54 Å². The highest BCUT2D eigenvalue weighted by Crippen LogP contribution is 2.45. The number of ether oxygens (including phenoxy) is 1. The van der Waals surface area contributed by atoms with Crippen LogP contribution in [0.1, 0.15) is 29.5 Å². The average molecular weight is 364 g/mol. The zero-order valence-electron chi connectivity index (χ0n) is 15.9. The number of rotatable bonds is 6. The molecule has 2 amide bonds. The van der Waals surface area contributed by atoms with E-state index in [1.54, 1.807) is 13.2 Å². The van der Waals surface area contributed by atoms with Gasteiger partial charge >= 0.3 is 6.03 Å². The predicted molar refractivity (Wildman–Crippen MR) is 105 cm³/mol. The number of nitrogens with zero attached hydrogens (tertiary/aromatic N) is 2. The summed E-state index contributed by atoms with van der Waals surface area (Å²) in [4.78, 5) is 14.7. The van der Waals surface area contributed by atoms with Crippen LogP contribution in [-0.2, 0) is 12.1 Å². The van der Waals surface area contributed by atoms with E-state index in [1.165, 1.54) is 0 Å². The maximum absolute atomic E-state index is 12.6. The van der Waals surface area contributed by atoms with Crippen molar-refractivity contribution in [1.29, 1.82) is 5.26 Å². The fraction of sp³-hybridized carbons (Fsp3) is 0.333. The van der Waals surface area contributed by atoms with Gasteiger partial charge in [0, 0.05) is 6.54 Å². The number of urea groups is 1. The highest BCUT2D eigenvalue weighted by Gasteiger charge is 2.45. The number of hydrogen-bond donors (Lipinski definition) is 2. The number of anilines is 1. The lowest BCUT2D eigenvalue weighted by molar-refractivity contribution is 0.247. The summed E-state index contributed by atoms with van der Waals surface area (Å²) in [5.74, 6) is 0.615. The molecule has 0 saturated heterocycles. The lowest BCUT2D eigenvalue weighted by Crippen LogP contribution is -2.38. The maximum Gasteiger partial charge on any atom is 0.320 e. The lowest BCUT2D eigenvalue weighted by atomic mass is 10.0. The molecule has 2 aromatic carbocycles. The molecule has 27 heavy (non-hydrogen) atoms. The maximum atomic E-state index is 12.6. The number of amides is 2. The van der Waals surface area contributed by atoms with Gasteiger partial charge in [0.25, 0.3) is 0 Å². The zero-order valence-corrected chi connectivity index (χ0v) is 15.9. The topological polar surface area (TPSA) is 77.4 Å². The molecule has 0 heterocycles. The Balaban J connectivity index is 1.75. The third-order valence-corrected chi connectivity index (χ3v) is 4.66. The Bertz CT molecular complexity index is 882. The van der Waals surface area contributed by atoms with E-state index in [9.17, 15) is 4.79 Å². The van der Waals surface area contributed by atoms with E-state index >= 15 is 0 Å². The molecule has 1 saturated carbocycles. The molecule has 0 aliphatic heterocycles. The SMILES string of the molecule is COc1ccc(CN(C)C)cc1NC(=O)NC1(c2cccc(C#N)c2)CC1. The molecule has 1 fully saturated rings. The van der Waals surface area contributed by atoms with E-state index in [-0.39, 0.29) is 6.03 Å². The van der Waals surface area contributed by atoms with Crippen LogP contribution in [0, 0.1) is 11.3 Å². The van der Waals surface area contributed by atoms with Crippen molar-refractivity contribution < 1.29 is 9.53 Å². The smallest absolute Gasteiger partial charge is 0.320 e. The van der Waals surface area contributed by atoms with Gasteiger partial charge in [-0.15, -0.1) is 0 Å². The molecule has 6 heteroatoms. The molecule has 0 spiro atoms. The fourth-order valence-electron chi connectivity index (χ4n) is 3.18. The van der Waals surface area contributed by atoms with Gasteiger partial charge in [0.2, 0.25) is 0 Å². The normalized spacial score (nSPS) is 14.3. The summed E-state index contributed by atoms with van der Waals surface area (Å²) in [6, 6.07) is 15.0. The molecule has 2 N–H and O–H groups in total. The monoisotopic (exact) mass is 364 g/mol. The summed E-state index contributed by atoms with van der Waals surface area (Å²) in [6.45, 7) is 0.769. The molecule has 140 valence electrons. The minimum absolute atomic E-state index is 0.282. The van der Waals surface area contributed by atoms with Crippen LogP contribution < -0.4 is 15.4 Å². The van der Waals surface area contributed by atoms with Gasteiger partial charge in [-0.05, 0) is 62.3 Å². The second-order valence-electron chi connectivity index (χ2n) is 7.13. The number of nitrogens with one attached hydrogen (secondary N) is 2. The molecular formula is C21H24N4O2. The van der Waals surface area contributed by atoms with Crippen LogP contribution >= 0.6 is 0 Å². The number of benzene rings is 2. The van der Waals surface area contributed by atoms with Crippen LogP contribution in [-0.4, -0.2) is 32.1 Å². The van der Waals surface area contributed by atoms with Crippen molar-refractivity contribution >= 4 is 11.7 Å². The number of hydrogen-bond acceptors (Lipinski definition) is 4. The first kappa shape index (κ1) is 18.7. The first-order valence-electron chi connectivity index (χ1n) is 8.87. The quantitative estimate of drug-likeness (QED) is 0.823. The van der Waals surface area contributed by atoms with E-state index in [1.807, 2.05) is 50.5 Å². The van der Waals surface area contributed by atoms with Crippen LogP contribution in [0.25, 0.3) is 0 Å². The first-order valence-corrected chi connectivity index (χ1v) is 8.87. The molecule has 6 nitrogen and oxygen atoms in total. The van der Waals surface area contributed by atoms with Gasteiger partial charge in [-0.25, -0.2) is 4.79 Å². The Labute approximate surface area is 159 Å². The summed E-state index contributed by atoms with van der Waals surface area (Å²) in [6.07, 6.45) is 1.71. The number of carbonyl (C=O) groups excluding carboxylic acids is 1. The van der Waals surface area contributed by atoms with Crippen molar-refractivity contribution in [2.45, 2.75) is 24.9 Å². The van der Waals surface area contributed by atoms with E-state index in [0.717, 1.165) is 30.5 Å². The summed E-state index contributed by atoms with van der Waals surface area (Å²) in [5, 5.41) is 15.1. The van der Waals surface area contributed by atoms with Crippen LogP contribution in [0.2, 0.25) is 0 Å². The minimum Gasteiger partial charge on any atom is -0.495 e. The van der Waals surface area contributed by atoms with E-state index in [4.69, 9.17) is 10.00 Å². The first-order chi connectivity index (χ1) is 13.0. The lowest BCUT2D eigenvalue weighted by Gasteiger charge is -2.20. The number of methoxy groups -OCH3 is 1. The van der Waals surface area contributed by atoms with Gasteiger partial charge in [0.15, 0.2) is 0 Å². The molecule has 1 aliphatic rings. The Morgan fingerprint density at radius 2 is 2.04 bits per heavy atom. The molecule has 0 unspecified atom stereocenters. The Kier molecular flexibility index (Phi) is 5.33. The summed E-state index contributed by atoms with van der Waals surface area (Å²) in [7, 11) is 5.58. The van der Waals surface area contributed by atoms with Gasteiger partial charge in [0.1, 0.15) is 5.75 Å². The third kappa shape index (κ3) is 4.39. The zero-order chi connectivity index (χ0) is 19.4. The van der Waals surface area contributed by atoms with Crippen LogP contribution in [0.4, 0.5) is 10.5 Å². The molecule has 1 aliphatic carbocycles. The molecule has 0 aromatic heterocycles. The van der Waals surface area contributed by atoms with Crippen LogP contribution in [0.15, 0.2) is 42.5 Å². The Morgan fingerprint density at radius 3 is 2.67 bits per heavy atom. The summed E-state index contributed by atoms with van der Waals surface area (Å²) < 4.78 is 5.37. The number of nitriles is 1. The Hall–Kier alpha value is -3.04. The standard InChI is InChI=1S/C21H24N4O2/c1-25(2)14-16-7-8-19(27-3)18(12-16)23-20(26)24-21(9-10-21)17-6-4-5-15(11-17)13-22/h4-8,11-12H,9-10,14H2,1-3H3,(H2,23,24,26). The van der Waals surface area contributed by atoms with Crippen molar-refractivity contribution in [3.05, 3.63) is 59.2 Å². The highest BCUT2D eigenvalue weighted by molar-refractivity contribution is 5.92. The molecule has 3 rings (SSSR count). The second-order valence-corrected chi connectivity index (χ2v) is 7.13. The van der Waals surface area contributed by atoms with E-state index in [0.29, 0.717) is 17.0 Å². The van der Waals surface area contributed by atoms with Gasteiger partial charge in [0.05, 0.1) is 30.0 Å². The fourth-order valence-corrected chi connectivity index (χ4v) is 3.18. The van der Waals surface area contributed by atoms with Gasteiger partial charge in [-0.1, -0.05) is 18.2 Å². The minimum atomic E-state index is -0.397. The van der Waals surface area contributed by atoms with Crippen molar-refractivity contribution in [3.8, 4) is 11.8 Å². The molecule has 2 aromatic rings. The third-order valence-electron chi connectivity index (χ3n) is 4.66. The highest BCUT2D eigenvalue weighted by atomic mass is 16.5. The van der Waals surface area contributed by atoms with Crippen LogP contribution in [0.3, 0.4) is 0 Å². The largest absolute Gasteiger partial charge is 0.495 e. The molecule has 0 radical (unpaired) electrons. The van der Waals surface area contributed by atoms with Gasteiger partial charge in [-0.2, -0.15) is 5.26 Å². The van der Waals surface area contributed by atoms with E-state index in [2.05, 4.69) is 21.6 Å². The second kappa shape index (κ2) is 7.68. The molecule has 0 bridgehead atoms. The van der Waals surface area contributed by atoms with Crippen molar-refractivity contribution in [2.75, 3.05) is 26.5 Å². The van der Waals surface area contributed by atoms with Gasteiger partial charge in [-0.3, -0.25) is 0 Å². The molecular weight excluding hydrogens is 340 g/mol. The average Bonchev–Trinajstić information content (AvgIpc) is 3.42.